The van der Waals surface area contributed by atoms with E-state index in [1.54, 1.807) is 12.1 Å². The molecule has 4 rings (SSSR count). The smallest absolute Gasteiger partial charge is 0.286 e. The Balaban J connectivity index is 1.29. The third kappa shape index (κ3) is 4.87. The highest BCUT2D eigenvalue weighted by molar-refractivity contribution is 7.13. The summed E-state index contributed by atoms with van der Waals surface area (Å²) in [6.07, 6.45) is 0. The molecule has 7 nitrogen and oxygen atoms in total. The number of anilines is 2. The average molecular weight is 413 g/mol. The molecule has 2 heterocycles. The van der Waals surface area contributed by atoms with E-state index in [0.717, 1.165) is 36.9 Å². The summed E-state index contributed by atoms with van der Waals surface area (Å²) in [5.74, 6) is -0.438. The first-order valence-electron chi connectivity index (χ1n) is 9.22. The fraction of sp³-hybridized carbons (Fsp3) is 0.250. The first-order chi connectivity index (χ1) is 14.1. The van der Waals surface area contributed by atoms with Crippen LogP contribution in [0.2, 0.25) is 0 Å². The predicted molar refractivity (Wildman–Crippen MR) is 110 cm³/mol. The number of amides is 1. The van der Waals surface area contributed by atoms with Crippen LogP contribution in [0.25, 0.3) is 0 Å². The van der Waals surface area contributed by atoms with E-state index in [1.165, 1.54) is 35.6 Å². The molecule has 1 aliphatic heterocycles. The number of phenols is 1. The highest BCUT2D eigenvalue weighted by atomic mass is 32.1. The van der Waals surface area contributed by atoms with Crippen LogP contribution in [0.4, 0.5) is 15.8 Å². The molecule has 0 spiro atoms. The number of aromatic nitrogens is 2. The van der Waals surface area contributed by atoms with Crippen molar-refractivity contribution in [3.63, 3.8) is 0 Å². The molecule has 1 aromatic heterocycles. The number of nitrogens with zero attached hydrogens (tertiary/aromatic N) is 4. The van der Waals surface area contributed by atoms with Crippen molar-refractivity contribution >= 4 is 28.6 Å². The molecule has 2 aromatic carbocycles. The summed E-state index contributed by atoms with van der Waals surface area (Å²) in [6.45, 7) is 4.14. The number of nitrogens with one attached hydrogen (secondary N) is 1. The maximum Gasteiger partial charge on any atom is 0.286 e. The molecule has 0 aliphatic carbocycles. The Morgan fingerprint density at radius 3 is 2.41 bits per heavy atom. The Morgan fingerprint density at radius 1 is 1.03 bits per heavy atom. The summed E-state index contributed by atoms with van der Waals surface area (Å²) in [6, 6.07) is 12.8. The molecule has 0 bridgehead atoms. The van der Waals surface area contributed by atoms with E-state index < -0.39 is 0 Å². The van der Waals surface area contributed by atoms with Crippen LogP contribution in [0.3, 0.4) is 0 Å². The lowest BCUT2D eigenvalue weighted by molar-refractivity contribution is 0.102. The Hall–Kier alpha value is -3.04. The third-order valence-electron chi connectivity index (χ3n) is 4.71. The van der Waals surface area contributed by atoms with Crippen molar-refractivity contribution in [3.05, 3.63) is 64.4 Å². The largest absolute Gasteiger partial charge is 0.508 e. The van der Waals surface area contributed by atoms with E-state index in [2.05, 4.69) is 25.3 Å². The fourth-order valence-electron chi connectivity index (χ4n) is 3.15. The molecule has 0 unspecified atom stereocenters. The second-order valence-electron chi connectivity index (χ2n) is 6.74. The van der Waals surface area contributed by atoms with Gasteiger partial charge in [0.1, 0.15) is 16.6 Å². The van der Waals surface area contributed by atoms with Gasteiger partial charge in [-0.15, -0.1) is 10.2 Å². The van der Waals surface area contributed by atoms with Crippen molar-refractivity contribution < 1.29 is 14.3 Å². The van der Waals surface area contributed by atoms with Gasteiger partial charge in [-0.2, -0.15) is 0 Å². The number of carbonyl (C=O) groups is 1. The Kier molecular flexibility index (Phi) is 5.68. The predicted octanol–water partition coefficient (Wildman–Crippen LogP) is 2.96. The number of aromatic hydroxyl groups is 1. The van der Waals surface area contributed by atoms with Gasteiger partial charge < -0.3 is 15.3 Å². The monoisotopic (exact) mass is 413 g/mol. The van der Waals surface area contributed by atoms with Crippen molar-refractivity contribution in [3.8, 4) is 5.75 Å². The van der Waals surface area contributed by atoms with E-state index in [4.69, 9.17) is 0 Å². The summed E-state index contributed by atoms with van der Waals surface area (Å²) in [5, 5.41) is 21.3. The summed E-state index contributed by atoms with van der Waals surface area (Å²) in [5.41, 5.74) is 1.61. The van der Waals surface area contributed by atoms with Crippen molar-refractivity contribution in [2.45, 2.75) is 6.54 Å². The minimum atomic E-state index is -0.355. The number of hydrogen-bond acceptors (Lipinski definition) is 7. The number of rotatable bonds is 5. The van der Waals surface area contributed by atoms with Gasteiger partial charge in [-0.3, -0.25) is 9.69 Å². The van der Waals surface area contributed by atoms with Gasteiger partial charge >= 0.3 is 0 Å². The zero-order valence-electron chi connectivity index (χ0n) is 15.6. The third-order valence-corrected chi connectivity index (χ3v) is 5.62. The van der Waals surface area contributed by atoms with Crippen LogP contribution in [0.5, 0.6) is 5.75 Å². The van der Waals surface area contributed by atoms with Gasteiger partial charge in [0.05, 0.1) is 6.54 Å². The number of phenolic OH excluding ortho intramolecular Hbond substituents is 1. The van der Waals surface area contributed by atoms with E-state index in [0.29, 0.717) is 12.2 Å². The second kappa shape index (κ2) is 8.54. The lowest BCUT2D eigenvalue weighted by atomic mass is 10.2. The standard InChI is InChI=1S/C20H20FN5O2S/c21-14-1-3-15(4-2-14)22-19(28)20-24-23-18(29-20)13-25-9-11-26(12-10-25)16-5-7-17(27)8-6-16/h1-8,27H,9-13H2,(H,22,28). The molecule has 0 atom stereocenters. The molecule has 29 heavy (non-hydrogen) atoms. The molecule has 150 valence electrons. The molecule has 1 saturated heterocycles. The normalized spacial score (nSPS) is 14.7. The summed E-state index contributed by atoms with van der Waals surface area (Å²) >= 11 is 1.26. The topological polar surface area (TPSA) is 81.6 Å². The van der Waals surface area contributed by atoms with Crippen LogP contribution in [0.1, 0.15) is 14.8 Å². The minimum Gasteiger partial charge on any atom is -0.508 e. The van der Waals surface area contributed by atoms with Crippen molar-refractivity contribution in [2.24, 2.45) is 0 Å². The van der Waals surface area contributed by atoms with Crippen molar-refractivity contribution in [1.82, 2.24) is 15.1 Å². The molecule has 0 saturated carbocycles. The number of hydrogen-bond donors (Lipinski definition) is 2. The van der Waals surface area contributed by atoms with Gasteiger partial charge in [0.25, 0.3) is 5.91 Å². The van der Waals surface area contributed by atoms with Crippen LogP contribution >= 0.6 is 11.3 Å². The number of halogens is 1. The maximum absolute atomic E-state index is 13.0. The van der Waals surface area contributed by atoms with Gasteiger partial charge in [-0.05, 0) is 48.5 Å². The lowest BCUT2D eigenvalue weighted by Gasteiger charge is -2.35. The molecule has 0 radical (unpaired) electrons. The SMILES string of the molecule is O=C(Nc1ccc(F)cc1)c1nnc(CN2CCN(c3ccc(O)cc3)CC2)s1. The van der Waals surface area contributed by atoms with Crippen molar-refractivity contribution in [1.29, 1.82) is 0 Å². The van der Waals surface area contributed by atoms with Gasteiger partial charge in [-0.25, -0.2) is 4.39 Å². The van der Waals surface area contributed by atoms with Gasteiger partial charge in [0.15, 0.2) is 0 Å². The average Bonchev–Trinajstić information content (AvgIpc) is 3.20. The number of piperazine rings is 1. The maximum atomic E-state index is 13.0. The molecule has 1 aliphatic rings. The molecular formula is C20H20FN5O2S. The zero-order chi connectivity index (χ0) is 20.2. The molecule has 2 N–H and O–H groups in total. The number of benzene rings is 2. The lowest BCUT2D eigenvalue weighted by Crippen LogP contribution is -2.45. The van der Waals surface area contributed by atoms with Gasteiger partial charge in [0, 0.05) is 37.6 Å². The second-order valence-corrected chi connectivity index (χ2v) is 7.80. The highest BCUT2D eigenvalue weighted by Gasteiger charge is 2.20. The Bertz CT molecular complexity index is 969. The summed E-state index contributed by atoms with van der Waals surface area (Å²) in [7, 11) is 0. The van der Waals surface area contributed by atoms with Crippen molar-refractivity contribution in [2.75, 3.05) is 36.4 Å². The van der Waals surface area contributed by atoms with Crippen LogP contribution in [-0.2, 0) is 6.54 Å². The van der Waals surface area contributed by atoms with Crippen LogP contribution in [-0.4, -0.2) is 52.3 Å². The molecular weight excluding hydrogens is 393 g/mol. The molecule has 1 fully saturated rings. The van der Waals surface area contributed by atoms with E-state index >= 15 is 0 Å². The van der Waals surface area contributed by atoms with E-state index in [1.807, 2.05) is 12.1 Å². The summed E-state index contributed by atoms with van der Waals surface area (Å²) < 4.78 is 13.0. The molecule has 3 aromatic rings. The van der Waals surface area contributed by atoms with Crippen LogP contribution in [0, 0.1) is 5.82 Å². The molecule has 9 heteroatoms. The number of carbonyl (C=O) groups excluding carboxylic acids is 1. The Morgan fingerprint density at radius 2 is 1.72 bits per heavy atom. The van der Waals surface area contributed by atoms with E-state index in [-0.39, 0.29) is 22.5 Å². The fourth-order valence-corrected chi connectivity index (χ4v) is 3.92. The minimum absolute atomic E-state index is 0.267. The zero-order valence-corrected chi connectivity index (χ0v) is 16.4. The van der Waals surface area contributed by atoms with Gasteiger partial charge in [0.2, 0.25) is 5.01 Å². The highest BCUT2D eigenvalue weighted by Crippen LogP contribution is 2.21. The first-order valence-corrected chi connectivity index (χ1v) is 10.0. The quantitative estimate of drug-likeness (QED) is 0.669. The summed E-state index contributed by atoms with van der Waals surface area (Å²) in [4.78, 5) is 16.8. The van der Waals surface area contributed by atoms with Crippen LogP contribution in [0.15, 0.2) is 48.5 Å². The molecule has 1 amide bonds. The first kappa shape index (κ1) is 19.3. The van der Waals surface area contributed by atoms with E-state index in [9.17, 15) is 14.3 Å². The van der Waals surface area contributed by atoms with Crippen LogP contribution < -0.4 is 10.2 Å². The van der Waals surface area contributed by atoms with Gasteiger partial charge in [-0.1, -0.05) is 11.3 Å². The Labute approximate surface area is 171 Å².